The van der Waals surface area contributed by atoms with E-state index in [0.717, 1.165) is 10.1 Å². The van der Waals surface area contributed by atoms with Gasteiger partial charge in [0.25, 0.3) is 5.91 Å². The summed E-state index contributed by atoms with van der Waals surface area (Å²) in [4.78, 5) is 30.2. The van der Waals surface area contributed by atoms with E-state index in [9.17, 15) is 9.59 Å². The van der Waals surface area contributed by atoms with Gasteiger partial charge < -0.3 is 9.73 Å². The predicted octanol–water partition coefficient (Wildman–Crippen LogP) is 5.32. The Morgan fingerprint density at radius 2 is 1.69 bits per heavy atom. The molecule has 140 valence electrons. The molecule has 0 aliphatic carbocycles. The second kappa shape index (κ2) is 7.00. The molecule has 29 heavy (non-hydrogen) atoms. The number of nitrogens with one attached hydrogen (secondary N) is 1. The van der Waals surface area contributed by atoms with Crippen molar-refractivity contribution in [1.29, 1.82) is 0 Å². The zero-order valence-corrected chi connectivity index (χ0v) is 15.9. The second-order valence-electron chi connectivity index (χ2n) is 6.47. The van der Waals surface area contributed by atoms with Gasteiger partial charge in [-0.1, -0.05) is 42.5 Å². The number of para-hydroxylation sites is 2. The van der Waals surface area contributed by atoms with Crippen molar-refractivity contribution in [2.75, 3.05) is 5.32 Å². The summed E-state index contributed by atoms with van der Waals surface area (Å²) in [5.41, 5.74) is 1.16. The molecule has 1 amide bonds. The lowest BCUT2D eigenvalue weighted by molar-refractivity contribution is 0.103. The molecule has 0 radical (unpaired) electrons. The predicted molar refractivity (Wildman–Crippen MR) is 115 cm³/mol. The van der Waals surface area contributed by atoms with E-state index in [2.05, 4.69) is 10.3 Å². The lowest BCUT2D eigenvalue weighted by Gasteiger charge is -2.09. The Morgan fingerprint density at radius 1 is 0.931 bits per heavy atom. The van der Waals surface area contributed by atoms with Crippen LogP contribution in [0.2, 0.25) is 0 Å². The summed E-state index contributed by atoms with van der Waals surface area (Å²) >= 11 is 1.43. The summed E-state index contributed by atoms with van der Waals surface area (Å²) in [5, 5.41) is 4.37. The summed E-state index contributed by atoms with van der Waals surface area (Å²) in [6, 6.07) is 23.9. The van der Waals surface area contributed by atoms with Crippen LogP contribution in [0.15, 0.2) is 88.1 Å². The summed E-state index contributed by atoms with van der Waals surface area (Å²) < 4.78 is 6.49. The molecule has 2 heterocycles. The topological polar surface area (TPSA) is 72.2 Å². The fraction of sp³-hybridized carbons (Fsp3) is 0. The van der Waals surface area contributed by atoms with Gasteiger partial charge in [0.1, 0.15) is 0 Å². The molecule has 0 saturated heterocycles. The van der Waals surface area contributed by atoms with Crippen molar-refractivity contribution in [2.45, 2.75) is 0 Å². The molecule has 5 nitrogen and oxygen atoms in total. The molecule has 0 fully saturated rings. The number of hydrogen-bond donors (Lipinski definition) is 1. The molecular weight excluding hydrogens is 384 g/mol. The minimum absolute atomic E-state index is 0.168. The third-order valence-electron chi connectivity index (χ3n) is 4.59. The van der Waals surface area contributed by atoms with Crippen LogP contribution in [-0.2, 0) is 0 Å². The first-order valence-corrected chi connectivity index (χ1v) is 9.80. The summed E-state index contributed by atoms with van der Waals surface area (Å²) in [5.74, 6) is -0.0530. The Balaban J connectivity index is 1.54. The number of amides is 1. The number of hydrogen-bond acceptors (Lipinski definition) is 5. The van der Waals surface area contributed by atoms with Crippen molar-refractivity contribution in [1.82, 2.24) is 4.98 Å². The van der Waals surface area contributed by atoms with Gasteiger partial charge in [0.2, 0.25) is 5.89 Å². The molecule has 0 saturated carbocycles. The summed E-state index contributed by atoms with van der Waals surface area (Å²) in [7, 11) is 0. The number of aromatic nitrogens is 1. The van der Waals surface area contributed by atoms with E-state index in [1.165, 1.54) is 11.3 Å². The van der Waals surface area contributed by atoms with Crippen LogP contribution in [0.4, 0.5) is 5.69 Å². The van der Waals surface area contributed by atoms with Crippen LogP contribution in [0.1, 0.15) is 9.67 Å². The highest BCUT2D eigenvalue weighted by Gasteiger charge is 2.16. The van der Waals surface area contributed by atoms with E-state index in [1.54, 1.807) is 36.4 Å². The molecular formula is C23H14N2O3S. The number of carbonyl (C=O) groups is 1. The van der Waals surface area contributed by atoms with Gasteiger partial charge in [0, 0.05) is 4.70 Å². The number of nitrogens with zero attached hydrogens (tertiary/aromatic N) is 1. The van der Waals surface area contributed by atoms with E-state index in [-0.39, 0.29) is 11.8 Å². The first-order valence-electron chi connectivity index (χ1n) is 8.98. The normalized spacial score (nSPS) is 11.0. The molecule has 0 atom stereocenters. The van der Waals surface area contributed by atoms with Crippen molar-refractivity contribution in [3.63, 3.8) is 0 Å². The van der Waals surface area contributed by atoms with Gasteiger partial charge in [-0.05, 0) is 41.8 Å². The molecule has 0 aliphatic rings. The van der Waals surface area contributed by atoms with Crippen LogP contribution < -0.4 is 10.9 Å². The smallest absolute Gasteiger partial charge is 0.347 e. The van der Waals surface area contributed by atoms with E-state index >= 15 is 0 Å². The molecule has 1 N–H and O–H groups in total. The summed E-state index contributed by atoms with van der Waals surface area (Å²) in [6.45, 7) is 0. The average molecular weight is 398 g/mol. The molecule has 2 aromatic heterocycles. The van der Waals surface area contributed by atoms with Crippen LogP contribution in [0.3, 0.4) is 0 Å². The largest absolute Gasteiger partial charge is 0.403 e. The number of benzene rings is 3. The molecule has 0 bridgehead atoms. The number of anilines is 1. The second-order valence-corrected chi connectivity index (χ2v) is 7.56. The van der Waals surface area contributed by atoms with Crippen molar-refractivity contribution in [2.24, 2.45) is 0 Å². The fourth-order valence-electron chi connectivity index (χ4n) is 3.19. The number of fused-ring (bicyclic) bond motifs is 2. The maximum atomic E-state index is 12.8. The lowest BCUT2D eigenvalue weighted by atomic mass is 10.1. The molecule has 5 rings (SSSR count). The highest BCUT2D eigenvalue weighted by Crippen LogP contribution is 2.29. The van der Waals surface area contributed by atoms with Gasteiger partial charge in [-0.25, -0.2) is 9.78 Å². The quantitative estimate of drug-likeness (QED) is 0.446. The Hall–Kier alpha value is -3.77. The SMILES string of the molecule is O=C(Nc1ccccc1-c1nc2ccccc2c(=O)o1)c1cc2ccccc2s1. The van der Waals surface area contributed by atoms with Crippen molar-refractivity contribution in [3.8, 4) is 11.5 Å². The van der Waals surface area contributed by atoms with Crippen LogP contribution in [-0.4, -0.2) is 10.9 Å². The maximum absolute atomic E-state index is 12.8. The molecule has 0 unspecified atom stereocenters. The van der Waals surface area contributed by atoms with Gasteiger partial charge in [0.05, 0.1) is 27.0 Å². The van der Waals surface area contributed by atoms with Crippen LogP contribution in [0, 0.1) is 0 Å². The van der Waals surface area contributed by atoms with Gasteiger partial charge in [-0.3, -0.25) is 4.79 Å². The molecule has 3 aromatic carbocycles. The minimum atomic E-state index is -0.462. The van der Waals surface area contributed by atoms with Crippen LogP contribution >= 0.6 is 11.3 Å². The summed E-state index contributed by atoms with van der Waals surface area (Å²) in [6.07, 6.45) is 0. The number of rotatable bonds is 3. The molecule has 0 aliphatic heterocycles. The van der Waals surface area contributed by atoms with Gasteiger partial charge in [-0.15, -0.1) is 11.3 Å². The Bertz CT molecular complexity index is 1400. The van der Waals surface area contributed by atoms with Crippen LogP contribution in [0.25, 0.3) is 32.4 Å². The van der Waals surface area contributed by atoms with Crippen molar-refractivity contribution >= 4 is 43.9 Å². The molecule has 5 aromatic rings. The zero-order chi connectivity index (χ0) is 19.8. The van der Waals surface area contributed by atoms with E-state index in [0.29, 0.717) is 27.0 Å². The third kappa shape index (κ3) is 3.19. The van der Waals surface area contributed by atoms with Gasteiger partial charge >= 0.3 is 5.63 Å². The van der Waals surface area contributed by atoms with E-state index in [1.807, 2.05) is 42.5 Å². The first kappa shape index (κ1) is 17.3. The molecule has 0 spiro atoms. The highest BCUT2D eigenvalue weighted by molar-refractivity contribution is 7.20. The van der Waals surface area contributed by atoms with Gasteiger partial charge in [-0.2, -0.15) is 0 Å². The van der Waals surface area contributed by atoms with Crippen LogP contribution in [0.5, 0.6) is 0 Å². The van der Waals surface area contributed by atoms with E-state index < -0.39 is 5.63 Å². The Labute approximate surface area is 169 Å². The maximum Gasteiger partial charge on any atom is 0.347 e. The molecule has 6 heteroatoms. The fourth-order valence-corrected chi connectivity index (χ4v) is 4.15. The minimum Gasteiger partial charge on any atom is -0.403 e. The standard InChI is InChI=1S/C23H14N2O3S/c26-21(20-13-14-7-1-6-12-19(14)29-20)24-17-10-4-2-8-15(17)22-25-18-11-5-3-9-16(18)23(27)28-22/h1-13H,(H,24,26). The third-order valence-corrected chi connectivity index (χ3v) is 5.71. The van der Waals surface area contributed by atoms with Gasteiger partial charge in [0.15, 0.2) is 0 Å². The Morgan fingerprint density at radius 3 is 2.59 bits per heavy atom. The van der Waals surface area contributed by atoms with Crippen molar-refractivity contribution in [3.05, 3.63) is 94.2 Å². The monoisotopic (exact) mass is 398 g/mol. The first-order chi connectivity index (χ1) is 14.2. The number of carbonyl (C=O) groups excluding carboxylic acids is 1. The zero-order valence-electron chi connectivity index (χ0n) is 15.1. The average Bonchev–Trinajstić information content (AvgIpc) is 3.19. The lowest BCUT2D eigenvalue weighted by Crippen LogP contribution is -2.11. The Kier molecular flexibility index (Phi) is 4.18. The van der Waals surface area contributed by atoms with E-state index in [4.69, 9.17) is 4.42 Å². The van der Waals surface area contributed by atoms with Crippen molar-refractivity contribution < 1.29 is 9.21 Å². The highest BCUT2D eigenvalue weighted by atomic mass is 32.1. The number of thiophene rings is 1.